The fourth-order valence-corrected chi connectivity index (χ4v) is 2.87. The van der Waals surface area contributed by atoms with Gasteiger partial charge in [0.1, 0.15) is 0 Å². The summed E-state index contributed by atoms with van der Waals surface area (Å²) in [5.74, 6) is 0. The molecular weight excluding hydrogens is 180 g/mol. The highest BCUT2D eigenvalue weighted by molar-refractivity contribution is 5.04. The first-order chi connectivity index (χ1) is 6.63. The molecule has 1 atom stereocenters. The van der Waals surface area contributed by atoms with Crippen LogP contribution in [0.2, 0.25) is 0 Å². The van der Waals surface area contributed by atoms with Crippen LogP contribution in [-0.4, -0.2) is 74.5 Å². The summed E-state index contributed by atoms with van der Waals surface area (Å²) in [7, 11) is 3.79. The minimum atomic E-state index is -0.324. The van der Waals surface area contributed by atoms with E-state index in [0.29, 0.717) is 12.0 Å². The molecule has 0 aromatic heterocycles. The maximum Gasteiger partial charge on any atom is 0.0900 e. The second-order valence-electron chi connectivity index (χ2n) is 4.95. The van der Waals surface area contributed by atoms with Gasteiger partial charge in [0.2, 0.25) is 0 Å². The molecule has 0 amide bonds. The van der Waals surface area contributed by atoms with Gasteiger partial charge in [-0.1, -0.05) is 0 Å². The number of methoxy groups -OCH3 is 1. The molecule has 82 valence electrons. The Bertz CT molecular complexity index is 194. The number of aliphatic hydroxyl groups excluding tert-OH is 1. The summed E-state index contributed by atoms with van der Waals surface area (Å²) in [4.78, 5) is 4.67. The fraction of sp³-hybridized carbons (Fsp3) is 1.00. The van der Waals surface area contributed by atoms with E-state index in [9.17, 15) is 5.11 Å². The SMILES string of the molecule is COCC(O)CN1CC2(CN(C)C2)C1. The molecule has 1 spiro atoms. The fourth-order valence-electron chi connectivity index (χ4n) is 2.87. The minimum absolute atomic E-state index is 0.324. The molecular formula is C10H20N2O2. The maximum absolute atomic E-state index is 9.52. The van der Waals surface area contributed by atoms with Gasteiger partial charge in [0, 0.05) is 45.2 Å². The molecule has 14 heavy (non-hydrogen) atoms. The van der Waals surface area contributed by atoms with E-state index in [1.54, 1.807) is 7.11 Å². The smallest absolute Gasteiger partial charge is 0.0900 e. The van der Waals surface area contributed by atoms with Crippen molar-refractivity contribution in [2.45, 2.75) is 6.10 Å². The first-order valence-electron chi connectivity index (χ1n) is 5.21. The summed E-state index contributed by atoms with van der Waals surface area (Å²) in [6, 6.07) is 0. The van der Waals surface area contributed by atoms with Gasteiger partial charge in [-0.25, -0.2) is 0 Å². The summed E-state index contributed by atoms with van der Waals surface area (Å²) in [5, 5.41) is 9.52. The minimum Gasteiger partial charge on any atom is -0.389 e. The number of hydrogen-bond donors (Lipinski definition) is 1. The lowest BCUT2D eigenvalue weighted by atomic mass is 9.73. The monoisotopic (exact) mass is 200 g/mol. The first kappa shape index (κ1) is 10.4. The molecule has 2 aliphatic rings. The summed E-state index contributed by atoms with van der Waals surface area (Å²) < 4.78 is 4.90. The third-order valence-corrected chi connectivity index (χ3v) is 3.16. The number of ether oxygens (including phenoxy) is 1. The van der Waals surface area contributed by atoms with Crippen molar-refractivity contribution in [1.29, 1.82) is 0 Å². The highest BCUT2D eigenvalue weighted by Gasteiger charge is 2.50. The molecule has 2 fully saturated rings. The number of rotatable bonds is 4. The van der Waals surface area contributed by atoms with E-state index in [2.05, 4.69) is 16.8 Å². The van der Waals surface area contributed by atoms with Gasteiger partial charge < -0.3 is 14.7 Å². The van der Waals surface area contributed by atoms with Crippen molar-refractivity contribution < 1.29 is 9.84 Å². The van der Waals surface area contributed by atoms with Crippen LogP contribution in [0.4, 0.5) is 0 Å². The Labute approximate surface area is 85.4 Å². The predicted octanol–water partition coefficient (Wildman–Crippen LogP) is -0.759. The van der Waals surface area contributed by atoms with E-state index in [0.717, 1.165) is 19.6 Å². The van der Waals surface area contributed by atoms with E-state index in [1.807, 2.05) is 0 Å². The van der Waals surface area contributed by atoms with Crippen molar-refractivity contribution in [2.75, 3.05) is 53.5 Å². The summed E-state index contributed by atoms with van der Waals surface area (Å²) in [5.41, 5.74) is 0.571. The van der Waals surface area contributed by atoms with Crippen molar-refractivity contribution >= 4 is 0 Å². The molecule has 0 aliphatic carbocycles. The van der Waals surface area contributed by atoms with Crippen molar-refractivity contribution in [1.82, 2.24) is 9.80 Å². The van der Waals surface area contributed by atoms with Crippen LogP contribution in [0.25, 0.3) is 0 Å². The Hall–Kier alpha value is -0.160. The zero-order chi connectivity index (χ0) is 10.2. The lowest BCUT2D eigenvalue weighted by molar-refractivity contribution is -0.118. The van der Waals surface area contributed by atoms with Crippen LogP contribution in [0.15, 0.2) is 0 Å². The second-order valence-corrected chi connectivity index (χ2v) is 4.95. The molecule has 2 heterocycles. The number of likely N-dealkylation sites (tertiary alicyclic amines) is 2. The number of aliphatic hydroxyl groups is 1. The zero-order valence-electron chi connectivity index (χ0n) is 9.07. The number of β-amino-alcohol motifs (C(OH)–C–C–N with tert-alkyl or cyclic N) is 1. The van der Waals surface area contributed by atoms with Crippen molar-refractivity contribution in [3.8, 4) is 0 Å². The molecule has 0 radical (unpaired) electrons. The summed E-state index contributed by atoms with van der Waals surface area (Å²) in [6.45, 7) is 5.96. The second kappa shape index (κ2) is 3.77. The third-order valence-electron chi connectivity index (χ3n) is 3.16. The molecule has 0 saturated carbocycles. The van der Waals surface area contributed by atoms with Gasteiger partial charge >= 0.3 is 0 Å². The highest BCUT2D eigenvalue weighted by atomic mass is 16.5. The van der Waals surface area contributed by atoms with Crippen LogP contribution in [-0.2, 0) is 4.74 Å². The Morgan fingerprint density at radius 1 is 1.36 bits per heavy atom. The quantitative estimate of drug-likeness (QED) is 0.647. The van der Waals surface area contributed by atoms with Gasteiger partial charge in [0.25, 0.3) is 0 Å². The summed E-state index contributed by atoms with van der Waals surface area (Å²) >= 11 is 0. The van der Waals surface area contributed by atoms with Gasteiger partial charge in [-0.3, -0.25) is 4.90 Å². The zero-order valence-corrected chi connectivity index (χ0v) is 9.07. The Morgan fingerprint density at radius 3 is 2.50 bits per heavy atom. The average Bonchev–Trinajstić information content (AvgIpc) is 1.98. The van der Waals surface area contributed by atoms with E-state index >= 15 is 0 Å². The van der Waals surface area contributed by atoms with Crippen molar-refractivity contribution in [3.05, 3.63) is 0 Å². The Morgan fingerprint density at radius 2 is 2.00 bits per heavy atom. The topological polar surface area (TPSA) is 35.9 Å². The van der Waals surface area contributed by atoms with Gasteiger partial charge in [0.15, 0.2) is 0 Å². The molecule has 1 N–H and O–H groups in total. The predicted molar refractivity (Wildman–Crippen MR) is 54.3 cm³/mol. The van der Waals surface area contributed by atoms with Crippen molar-refractivity contribution in [2.24, 2.45) is 5.41 Å². The van der Waals surface area contributed by atoms with E-state index in [1.165, 1.54) is 13.1 Å². The first-order valence-corrected chi connectivity index (χ1v) is 5.21. The van der Waals surface area contributed by atoms with E-state index < -0.39 is 0 Å². The van der Waals surface area contributed by atoms with E-state index in [-0.39, 0.29) is 6.10 Å². The van der Waals surface area contributed by atoms with Crippen LogP contribution in [0.3, 0.4) is 0 Å². The van der Waals surface area contributed by atoms with Crippen LogP contribution in [0.5, 0.6) is 0 Å². The Balaban J connectivity index is 1.63. The highest BCUT2D eigenvalue weighted by Crippen LogP contribution is 2.38. The van der Waals surface area contributed by atoms with Gasteiger partial charge in [-0.15, -0.1) is 0 Å². The molecule has 0 aromatic rings. The van der Waals surface area contributed by atoms with Gasteiger partial charge in [-0.2, -0.15) is 0 Å². The van der Waals surface area contributed by atoms with Crippen LogP contribution in [0.1, 0.15) is 0 Å². The van der Waals surface area contributed by atoms with Gasteiger partial charge in [-0.05, 0) is 7.05 Å². The Kier molecular flexibility index (Phi) is 2.79. The normalized spacial score (nSPS) is 28.5. The average molecular weight is 200 g/mol. The molecule has 1 unspecified atom stereocenters. The number of hydrogen-bond acceptors (Lipinski definition) is 4. The standard InChI is InChI=1S/C10H20N2O2/c1-11-5-10(6-11)7-12(8-10)3-9(13)4-14-2/h9,13H,3-8H2,1-2H3. The number of nitrogens with zero attached hydrogens (tertiary/aromatic N) is 2. The van der Waals surface area contributed by atoms with Crippen molar-refractivity contribution in [3.63, 3.8) is 0 Å². The van der Waals surface area contributed by atoms with Crippen LogP contribution >= 0.6 is 0 Å². The van der Waals surface area contributed by atoms with Crippen LogP contribution in [0, 0.1) is 5.41 Å². The molecule has 0 aromatic carbocycles. The lowest BCUT2D eigenvalue weighted by Gasteiger charge is -2.60. The molecule has 4 nitrogen and oxygen atoms in total. The molecule has 2 aliphatic heterocycles. The molecule has 2 rings (SSSR count). The maximum atomic E-state index is 9.52. The molecule has 0 bridgehead atoms. The third kappa shape index (κ3) is 1.93. The van der Waals surface area contributed by atoms with Crippen LogP contribution < -0.4 is 0 Å². The lowest BCUT2D eigenvalue weighted by Crippen LogP contribution is -2.71. The largest absolute Gasteiger partial charge is 0.389 e. The molecule has 2 saturated heterocycles. The summed E-state index contributed by atoms with van der Waals surface area (Å²) in [6.07, 6.45) is -0.324. The van der Waals surface area contributed by atoms with Gasteiger partial charge in [0.05, 0.1) is 12.7 Å². The van der Waals surface area contributed by atoms with E-state index in [4.69, 9.17) is 4.74 Å². The molecule has 4 heteroatoms.